The van der Waals surface area contributed by atoms with Crippen molar-refractivity contribution >= 4 is 0 Å². The molecule has 0 N–H and O–H groups in total. The van der Waals surface area contributed by atoms with Gasteiger partial charge in [0.05, 0.1) is 19.8 Å². The van der Waals surface area contributed by atoms with Gasteiger partial charge in [0.2, 0.25) is 0 Å². The molecule has 0 saturated carbocycles. The Morgan fingerprint density at radius 1 is 0.595 bits per heavy atom. The molecule has 190 valence electrons. The molecule has 1 heterocycles. The van der Waals surface area contributed by atoms with Crippen LogP contribution in [0.3, 0.4) is 0 Å². The van der Waals surface area contributed by atoms with E-state index in [0.717, 1.165) is 52.1 Å². The van der Waals surface area contributed by atoms with Gasteiger partial charge in [-0.3, -0.25) is 0 Å². The summed E-state index contributed by atoms with van der Waals surface area (Å²) in [6.07, 6.45) is 5.33. The van der Waals surface area contributed by atoms with Gasteiger partial charge in [-0.2, -0.15) is 0 Å². The molecule has 0 spiro atoms. The zero-order chi connectivity index (χ0) is 25.3. The number of ether oxygens (including phenoxy) is 2. The largest absolute Gasteiger partial charge is 0.381 e. The van der Waals surface area contributed by atoms with Gasteiger partial charge in [-0.05, 0) is 71.0 Å². The lowest BCUT2D eigenvalue weighted by Gasteiger charge is -2.37. The lowest BCUT2D eigenvalue weighted by atomic mass is 9.90. The standard InChI is InChI=1S/C35H38O2/c1-35(26-37-27-35)25-36-22-6-5-7-28-10-12-30(13-11-28)24-32-16-20-34(21-17-32)33-18-14-31(15-19-33)23-29-8-3-2-4-9-29/h2-4,8-21H,5-7,22-27H2,1H3. The third-order valence-corrected chi connectivity index (χ3v) is 7.28. The van der Waals surface area contributed by atoms with Crippen molar-refractivity contribution in [3.05, 3.63) is 131 Å². The second kappa shape index (κ2) is 12.4. The Labute approximate surface area is 222 Å². The molecular weight excluding hydrogens is 452 g/mol. The van der Waals surface area contributed by atoms with Crippen LogP contribution >= 0.6 is 0 Å². The van der Waals surface area contributed by atoms with Crippen molar-refractivity contribution in [2.24, 2.45) is 5.41 Å². The number of aryl methyl sites for hydroxylation is 1. The smallest absolute Gasteiger partial charge is 0.0564 e. The molecule has 4 aromatic carbocycles. The number of hydrogen-bond acceptors (Lipinski definition) is 2. The first kappa shape index (κ1) is 25.4. The Morgan fingerprint density at radius 3 is 1.59 bits per heavy atom. The van der Waals surface area contributed by atoms with Crippen molar-refractivity contribution < 1.29 is 9.47 Å². The molecule has 37 heavy (non-hydrogen) atoms. The Balaban J connectivity index is 1.06. The van der Waals surface area contributed by atoms with E-state index in [9.17, 15) is 0 Å². The molecule has 1 fully saturated rings. The molecule has 0 radical (unpaired) electrons. The molecule has 5 rings (SSSR count). The van der Waals surface area contributed by atoms with Crippen LogP contribution in [0.25, 0.3) is 11.1 Å². The van der Waals surface area contributed by atoms with Gasteiger partial charge in [-0.25, -0.2) is 0 Å². The van der Waals surface area contributed by atoms with Crippen molar-refractivity contribution in [1.29, 1.82) is 0 Å². The second-order valence-electron chi connectivity index (χ2n) is 10.9. The van der Waals surface area contributed by atoms with Gasteiger partial charge in [0, 0.05) is 12.0 Å². The molecule has 0 aromatic heterocycles. The van der Waals surface area contributed by atoms with Crippen molar-refractivity contribution in [2.45, 2.75) is 39.0 Å². The maximum Gasteiger partial charge on any atom is 0.0564 e. The Morgan fingerprint density at radius 2 is 1.08 bits per heavy atom. The summed E-state index contributed by atoms with van der Waals surface area (Å²) in [5.41, 5.74) is 9.60. The van der Waals surface area contributed by atoms with E-state index in [1.807, 2.05) is 0 Å². The highest BCUT2D eigenvalue weighted by Crippen LogP contribution is 2.26. The highest BCUT2D eigenvalue weighted by Gasteiger charge is 2.33. The molecule has 0 unspecified atom stereocenters. The second-order valence-corrected chi connectivity index (χ2v) is 10.9. The third-order valence-electron chi connectivity index (χ3n) is 7.28. The van der Waals surface area contributed by atoms with Crippen LogP contribution in [-0.2, 0) is 28.7 Å². The third kappa shape index (κ3) is 7.41. The minimum atomic E-state index is 0.254. The van der Waals surface area contributed by atoms with Gasteiger partial charge in [0.25, 0.3) is 0 Å². The minimum Gasteiger partial charge on any atom is -0.381 e. The van der Waals surface area contributed by atoms with Crippen molar-refractivity contribution in [3.8, 4) is 11.1 Å². The van der Waals surface area contributed by atoms with Gasteiger partial charge in [0.15, 0.2) is 0 Å². The SMILES string of the molecule is CC1(COCCCCc2ccc(Cc3ccc(-c4ccc(Cc5ccccc5)cc4)cc3)cc2)COC1. The quantitative estimate of drug-likeness (QED) is 0.188. The molecule has 1 aliphatic rings. The summed E-state index contributed by atoms with van der Waals surface area (Å²) in [5, 5.41) is 0. The lowest BCUT2D eigenvalue weighted by molar-refractivity contribution is -0.137. The van der Waals surface area contributed by atoms with Crippen LogP contribution in [0.1, 0.15) is 47.6 Å². The first-order valence-electron chi connectivity index (χ1n) is 13.6. The molecule has 1 saturated heterocycles. The average molecular weight is 491 g/mol. The van der Waals surface area contributed by atoms with E-state index >= 15 is 0 Å². The van der Waals surface area contributed by atoms with E-state index in [0.29, 0.717) is 0 Å². The monoisotopic (exact) mass is 490 g/mol. The van der Waals surface area contributed by atoms with Crippen LogP contribution in [-0.4, -0.2) is 26.4 Å². The van der Waals surface area contributed by atoms with E-state index in [2.05, 4.69) is 110 Å². The van der Waals surface area contributed by atoms with Crippen LogP contribution in [0, 0.1) is 5.41 Å². The van der Waals surface area contributed by atoms with Gasteiger partial charge in [-0.1, -0.05) is 110 Å². The Kier molecular flexibility index (Phi) is 8.50. The fourth-order valence-corrected chi connectivity index (χ4v) is 4.91. The summed E-state index contributed by atoms with van der Waals surface area (Å²) in [5.74, 6) is 0. The van der Waals surface area contributed by atoms with Crippen LogP contribution in [0.2, 0.25) is 0 Å². The summed E-state index contributed by atoms with van der Waals surface area (Å²) >= 11 is 0. The molecule has 4 aromatic rings. The van der Waals surface area contributed by atoms with E-state index in [1.165, 1.54) is 45.4 Å². The predicted molar refractivity (Wildman–Crippen MR) is 153 cm³/mol. The predicted octanol–water partition coefficient (Wildman–Crippen LogP) is 7.91. The minimum absolute atomic E-state index is 0.254. The maximum atomic E-state index is 5.85. The van der Waals surface area contributed by atoms with Crippen LogP contribution < -0.4 is 0 Å². The normalized spacial score (nSPS) is 14.3. The van der Waals surface area contributed by atoms with E-state index in [4.69, 9.17) is 9.47 Å². The van der Waals surface area contributed by atoms with E-state index < -0.39 is 0 Å². The number of unbranched alkanes of at least 4 members (excludes halogenated alkanes) is 1. The average Bonchev–Trinajstić information content (AvgIpc) is 2.92. The van der Waals surface area contributed by atoms with E-state index in [-0.39, 0.29) is 5.41 Å². The van der Waals surface area contributed by atoms with Crippen molar-refractivity contribution in [1.82, 2.24) is 0 Å². The molecule has 0 bridgehead atoms. The van der Waals surface area contributed by atoms with Gasteiger partial charge in [-0.15, -0.1) is 0 Å². The fraction of sp³-hybridized carbons (Fsp3) is 0.314. The van der Waals surface area contributed by atoms with Gasteiger partial charge in [0.1, 0.15) is 0 Å². The number of hydrogen-bond donors (Lipinski definition) is 0. The van der Waals surface area contributed by atoms with Gasteiger partial charge >= 0.3 is 0 Å². The van der Waals surface area contributed by atoms with Crippen LogP contribution in [0.4, 0.5) is 0 Å². The topological polar surface area (TPSA) is 18.5 Å². The zero-order valence-corrected chi connectivity index (χ0v) is 22.0. The maximum absolute atomic E-state index is 5.85. The molecule has 0 aliphatic carbocycles. The van der Waals surface area contributed by atoms with E-state index in [1.54, 1.807) is 0 Å². The zero-order valence-electron chi connectivity index (χ0n) is 22.0. The molecule has 2 heteroatoms. The fourth-order valence-electron chi connectivity index (χ4n) is 4.91. The molecule has 0 atom stereocenters. The van der Waals surface area contributed by atoms with Crippen molar-refractivity contribution in [2.75, 3.05) is 26.4 Å². The Hall–Kier alpha value is -3.20. The summed E-state index contributed by atoms with van der Waals surface area (Å²) in [6, 6.07) is 37.8. The van der Waals surface area contributed by atoms with Crippen LogP contribution in [0.15, 0.2) is 103 Å². The Bertz CT molecular complexity index is 1220. The highest BCUT2D eigenvalue weighted by molar-refractivity contribution is 5.64. The summed E-state index contributed by atoms with van der Waals surface area (Å²) in [6.45, 7) is 5.59. The van der Waals surface area contributed by atoms with Crippen molar-refractivity contribution in [3.63, 3.8) is 0 Å². The lowest BCUT2D eigenvalue weighted by Crippen LogP contribution is -2.43. The molecule has 1 aliphatic heterocycles. The summed E-state index contributed by atoms with van der Waals surface area (Å²) in [7, 11) is 0. The molecule has 2 nitrogen and oxygen atoms in total. The van der Waals surface area contributed by atoms with Crippen LogP contribution in [0.5, 0.6) is 0 Å². The molecular formula is C35H38O2. The summed E-state index contributed by atoms with van der Waals surface area (Å²) < 4.78 is 11.1. The first-order valence-corrected chi connectivity index (χ1v) is 13.6. The molecule has 0 amide bonds. The number of benzene rings is 4. The number of rotatable bonds is 12. The highest BCUT2D eigenvalue weighted by atomic mass is 16.5. The van der Waals surface area contributed by atoms with Gasteiger partial charge < -0.3 is 9.47 Å². The first-order chi connectivity index (χ1) is 18.2. The summed E-state index contributed by atoms with van der Waals surface area (Å²) in [4.78, 5) is 0.